The van der Waals surface area contributed by atoms with E-state index >= 15 is 0 Å². The second-order valence-electron chi connectivity index (χ2n) is 10.7. The molecular formula is C29H38N4O5. The van der Waals surface area contributed by atoms with Crippen molar-refractivity contribution in [2.24, 2.45) is 5.92 Å². The highest BCUT2D eigenvalue weighted by atomic mass is 16.6. The van der Waals surface area contributed by atoms with Gasteiger partial charge in [0.05, 0.1) is 6.07 Å². The minimum absolute atomic E-state index is 0.0120. The van der Waals surface area contributed by atoms with Gasteiger partial charge < -0.3 is 25.4 Å². The number of carbonyl (C=O) groups excluding carboxylic acids is 3. The van der Waals surface area contributed by atoms with Gasteiger partial charge in [-0.3, -0.25) is 9.59 Å². The van der Waals surface area contributed by atoms with E-state index in [9.17, 15) is 24.8 Å². The Morgan fingerprint density at radius 1 is 1.08 bits per heavy atom. The molecule has 0 aliphatic carbocycles. The van der Waals surface area contributed by atoms with Gasteiger partial charge in [-0.1, -0.05) is 38.1 Å². The van der Waals surface area contributed by atoms with Crippen LogP contribution in [0.15, 0.2) is 42.5 Å². The summed E-state index contributed by atoms with van der Waals surface area (Å²) < 4.78 is 5.36. The number of nitrogens with zero attached hydrogens (tertiary/aromatic N) is 2. The van der Waals surface area contributed by atoms with Crippen LogP contribution in [0.1, 0.15) is 63.8 Å². The first-order valence-corrected chi connectivity index (χ1v) is 12.6. The number of nitriles is 1. The zero-order valence-corrected chi connectivity index (χ0v) is 23.2. The van der Waals surface area contributed by atoms with E-state index in [2.05, 4.69) is 10.6 Å². The predicted molar refractivity (Wildman–Crippen MR) is 145 cm³/mol. The lowest BCUT2D eigenvalue weighted by atomic mass is 9.98. The molecule has 0 fully saturated rings. The summed E-state index contributed by atoms with van der Waals surface area (Å²) in [6.45, 7) is 12.1. The normalized spacial score (nSPS) is 12.7. The van der Waals surface area contributed by atoms with Crippen LogP contribution < -0.4 is 10.6 Å². The second kappa shape index (κ2) is 13.0. The summed E-state index contributed by atoms with van der Waals surface area (Å²) in [5.41, 5.74) is 1.53. The number of anilines is 1. The standard InChI is InChI=1S/C29H38N4O5/c1-18(2)16-23(32-28(37)38-29(5,6)7)27(36)33(15-14-30)25(21-12-13-24(34)20(4)17-21)26(35)31-22-11-9-8-10-19(22)3/h8-13,17-18,23,25,34H,15-16H2,1-7H3,(H,31,35)(H,32,37). The van der Waals surface area contributed by atoms with E-state index in [1.54, 1.807) is 52.0 Å². The number of aromatic hydroxyl groups is 1. The number of para-hydroxylation sites is 1. The molecular weight excluding hydrogens is 484 g/mol. The molecule has 0 aliphatic rings. The fourth-order valence-corrected chi connectivity index (χ4v) is 3.95. The molecule has 9 nitrogen and oxygen atoms in total. The SMILES string of the molecule is Cc1cc(C(C(=O)Nc2ccccc2C)N(CC#N)C(=O)C(CC(C)C)NC(=O)OC(C)(C)C)ccc1O. The number of hydrogen-bond acceptors (Lipinski definition) is 6. The lowest BCUT2D eigenvalue weighted by Gasteiger charge is -2.33. The lowest BCUT2D eigenvalue weighted by molar-refractivity contribution is -0.140. The van der Waals surface area contributed by atoms with Crippen molar-refractivity contribution in [2.75, 3.05) is 11.9 Å². The zero-order chi connectivity index (χ0) is 28.6. The topological polar surface area (TPSA) is 132 Å². The molecule has 0 saturated carbocycles. The first kappa shape index (κ1) is 30.2. The number of rotatable bonds is 9. The molecule has 0 saturated heterocycles. The molecule has 0 radical (unpaired) electrons. The molecule has 0 aromatic heterocycles. The third-order valence-corrected chi connectivity index (χ3v) is 5.72. The van der Waals surface area contributed by atoms with E-state index in [1.807, 2.05) is 39.0 Å². The van der Waals surface area contributed by atoms with Crippen LogP contribution in [0, 0.1) is 31.1 Å². The molecule has 2 aromatic carbocycles. The molecule has 3 N–H and O–H groups in total. The van der Waals surface area contributed by atoms with Crippen molar-refractivity contribution in [2.45, 2.75) is 72.6 Å². The Morgan fingerprint density at radius 2 is 1.74 bits per heavy atom. The third kappa shape index (κ3) is 8.51. The molecule has 2 unspecified atom stereocenters. The Bertz CT molecular complexity index is 1200. The molecule has 0 heterocycles. The number of hydrogen-bond donors (Lipinski definition) is 3. The van der Waals surface area contributed by atoms with Crippen LogP contribution in [0.5, 0.6) is 5.75 Å². The fourth-order valence-electron chi connectivity index (χ4n) is 3.95. The van der Waals surface area contributed by atoms with E-state index < -0.39 is 42.1 Å². The van der Waals surface area contributed by atoms with E-state index in [1.165, 1.54) is 6.07 Å². The number of ether oxygens (including phenoxy) is 1. The largest absolute Gasteiger partial charge is 0.508 e. The summed E-state index contributed by atoms with van der Waals surface area (Å²) in [7, 11) is 0. The van der Waals surface area contributed by atoms with Crippen LogP contribution in [-0.2, 0) is 14.3 Å². The maximum atomic E-state index is 13.9. The van der Waals surface area contributed by atoms with E-state index in [0.29, 0.717) is 16.8 Å². The van der Waals surface area contributed by atoms with Gasteiger partial charge in [0.2, 0.25) is 5.91 Å². The maximum absolute atomic E-state index is 13.9. The van der Waals surface area contributed by atoms with Gasteiger partial charge in [-0.2, -0.15) is 5.26 Å². The monoisotopic (exact) mass is 522 g/mol. The van der Waals surface area contributed by atoms with Crippen molar-refractivity contribution in [3.05, 3.63) is 59.2 Å². The molecule has 0 spiro atoms. The number of amides is 3. The summed E-state index contributed by atoms with van der Waals surface area (Å²) in [5, 5.41) is 25.2. The molecule has 3 amide bonds. The van der Waals surface area contributed by atoms with Crippen LogP contribution >= 0.6 is 0 Å². The van der Waals surface area contributed by atoms with Gasteiger partial charge in [-0.05, 0) is 81.8 Å². The van der Waals surface area contributed by atoms with Crippen molar-refractivity contribution in [3.63, 3.8) is 0 Å². The van der Waals surface area contributed by atoms with Gasteiger partial charge in [0.15, 0.2) is 0 Å². The van der Waals surface area contributed by atoms with Crippen LogP contribution in [0.3, 0.4) is 0 Å². The Hall–Kier alpha value is -4.06. The molecule has 38 heavy (non-hydrogen) atoms. The Balaban J connectivity index is 2.55. The average Bonchev–Trinajstić information content (AvgIpc) is 2.80. The predicted octanol–water partition coefficient (Wildman–Crippen LogP) is 4.98. The van der Waals surface area contributed by atoms with Crippen molar-refractivity contribution >= 4 is 23.6 Å². The highest BCUT2D eigenvalue weighted by Crippen LogP contribution is 2.29. The minimum Gasteiger partial charge on any atom is -0.508 e. The number of alkyl carbamates (subject to hydrolysis) is 1. The number of phenols is 1. The van der Waals surface area contributed by atoms with Crippen molar-refractivity contribution < 1.29 is 24.2 Å². The van der Waals surface area contributed by atoms with Gasteiger partial charge in [0.25, 0.3) is 5.91 Å². The van der Waals surface area contributed by atoms with Crippen LogP contribution in [-0.4, -0.2) is 46.1 Å². The van der Waals surface area contributed by atoms with Gasteiger partial charge in [0, 0.05) is 5.69 Å². The lowest BCUT2D eigenvalue weighted by Crippen LogP contribution is -2.53. The highest BCUT2D eigenvalue weighted by molar-refractivity contribution is 5.99. The molecule has 0 bridgehead atoms. The quantitative estimate of drug-likeness (QED) is 0.398. The van der Waals surface area contributed by atoms with Gasteiger partial charge in [-0.25, -0.2) is 4.79 Å². The van der Waals surface area contributed by atoms with Crippen LogP contribution in [0.25, 0.3) is 0 Å². The third-order valence-electron chi connectivity index (χ3n) is 5.72. The number of nitrogens with one attached hydrogen (secondary N) is 2. The van der Waals surface area contributed by atoms with Crippen molar-refractivity contribution in [1.29, 1.82) is 5.26 Å². The van der Waals surface area contributed by atoms with Crippen molar-refractivity contribution in [3.8, 4) is 11.8 Å². The van der Waals surface area contributed by atoms with Crippen LogP contribution in [0.4, 0.5) is 10.5 Å². The smallest absolute Gasteiger partial charge is 0.408 e. The fraction of sp³-hybridized carbons (Fsp3) is 0.448. The van der Waals surface area contributed by atoms with Gasteiger partial charge >= 0.3 is 6.09 Å². The zero-order valence-electron chi connectivity index (χ0n) is 23.2. The average molecular weight is 523 g/mol. The summed E-state index contributed by atoms with van der Waals surface area (Å²) in [5.74, 6) is -1.08. The number of carbonyl (C=O) groups is 3. The number of phenolic OH excluding ortho intramolecular Hbond substituents is 1. The van der Waals surface area contributed by atoms with Gasteiger partial charge in [-0.15, -0.1) is 0 Å². The molecule has 2 aromatic rings. The van der Waals surface area contributed by atoms with Gasteiger partial charge in [0.1, 0.15) is 30.0 Å². The van der Waals surface area contributed by atoms with Crippen molar-refractivity contribution in [1.82, 2.24) is 10.2 Å². The summed E-state index contributed by atoms with van der Waals surface area (Å²) in [6, 6.07) is 11.5. The number of benzene rings is 2. The summed E-state index contributed by atoms with van der Waals surface area (Å²) >= 11 is 0. The molecule has 9 heteroatoms. The maximum Gasteiger partial charge on any atom is 0.408 e. The first-order valence-electron chi connectivity index (χ1n) is 12.6. The second-order valence-corrected chi connectivity index (χ2v) is 10.7. The van der Waals surface area contributed by atoms with Crippen LogP contribution in [0.2, 0.25) is 0 Å². The highest BCUT2D eigenvalue weighted by Gasteiger charge is 2.37. The number of aryl methyl sites for hydroxylation is 2. The molecule has 2 atom stereocenters. The summed E-state index contributed by atoms with van der Waals surface area (Å²) in [4.78, 5) is 41.4. The Labute approximate surface area is 224 Å². The summed E-state index contributed by atoms with van der Waals surface area (Å²) in [6.07, 6.45) is -0.504. The van der Waals surface area contributed by atoms with E-state index in [-0.39, 0.29) is 18.1 Å². The Morgan fingerprint density at radius 3 is 2.29 bits per heavy atom. The minimum atomic E-state index is -1.21. The molecule has 2 rings (SSSR count). The first-order chi connectivity index (χ1) is 17.7. The Kier molecular flexibility index (Phi) is 10.3. The van der Waals surface area contributed by atoms with E-state index in [0.717, 1.165) is 10.5 Å². The van der Waals surface area contributed by atoms with E-state index in [4.69, 9.17) is 4.74 Å². The molecule has 0 aliphatic heterocycles. The molecule has 204 valence electrons.